The Hall–Kier alpha value is -2.74. The molecule has 4 nitrogen and oxygen atoms in total. The number of rotatable bonds is 5. The maximum atomic E-state index is 13.8. The highest BCUT2D eigenvalue weighted by Gasteiger charge is 2.32. The molecule has 1 fully saturated rings. The average molecular weight is 464 g/mol. The smallest absolute Gasteiger partial charge is 0.406 e. The molecule has 2 aliphatic heterocycles. The van der Waals surface area contributed by atoms with Crippen molar-refractivity contribution in [2.75, 3.05) is 30.3 Å². The molecule has 1 saturated heterocycles. The first-order chi connectivity index (χ1) is 15.6. The predicted octanol–water partition coefficient (Wildman–Crippen LogP) is 5.84. The zero-order valence-corrected chi connectivity index (χ0v) is 18.7. The monoisotopic (exact) mass is 463 g/mol. The number of benzene rings is 2. The van der Waals surface area contributed by atoms with Crippen molar-refractivity contribution in [2.24, 2.45) is 0 Å². The van der Waals surface area contributed by atoms with Crippen LogP contribution in [0, 0.1) is 5.82 Å². The molecule has 1 unspecified atom stereocenters. The van der Waals surface area contributed by atoms with Crippen molar-refractivity contribution in [1.82, 2.24) is 4.90 Å². The van der Waals surface area contributed by atoms with Crippen molar-refractivity contribution in [1.29, 1.82) is 0 Å². The second kappa shape index (κ2) is 9.25. The Labute approximate surface area is 191 Å². The number of likely N-dealkylation sites (tertiary alicyclic amines) is 1. The molecule has 0 bridgehead atoms. The highest BCUT2D eigenvalue weighted by Crippen LogP contribution is 2.39. The van der Waals surface area contributed by atoms with Crippen LogP contribution in [0.1, 0.15) is 43.2 Å². The van der Waals surface area contributed by atoms with E-state index in [2.05, 4.69) is 28.0 Å². The molecule has 2 N–H and O–H groups in total. The van der Waals surface area contributed by atoms with Crippen LogP contribution in [0.3, 0.4) is 0 Å². The summed E-state index contributed by atoms with van der Waals surface area (Å²) in [4.78, 5) is 4.49. The number of piperidine rings is 1. The summed E-state index contributed by atoms with van der Waals surface area (Å²) in [5, 5.41) is 0. The van der Waals surface area contributed by atoms with Gasteiger partial charge in [0.25, 0.3) is 0 Å². The Balaban J connectivity index is 1.36. The van der Waals surface area contributed by atoms with Crippen LogP contribution in [-0.4, -0.2) is 36.9 Å². The van der Waals surface area contributed by atoms with Crippen molar-refractivity contribution in [2.45, 2.75) is 50.9 Å². The zero-order valence-electron chi connectivity index (χ0n) is 18.7. The van der Waals surface area contributed by atoms with E-state index in [4.69, 9.17) is 5.73 Å². The lowest BCUT2D eigenvalue weighted by Gasteiger charge is -2.41. The molecule has 1 atom stereocenters. The molecule has 2 heterocycles. The number of nitrogens with zero attached hydrogens (tertiary/aromatic N) is 2. The van der Waals surface area contributed by atoms with Crippen LogP contribution in [0.15, 0.2) is 48.7 Å². The molecule has 2 aromatic rings. The van der Waals surface area contributed by atoms with E-state index in [1.165, 1.54) is 18.2 Å². The Morgan fingerprint density at radius 2 is 1.79 bits per heavy atom. The van der Waals surface area contributed by atoms with Gasteiger partial charge in [-0.1, -0.05) is 18.7 Å². The van der Waals surface area contributed by atoms with Crippen LogP contribution < -0.4 is 15.4 Å². The average Bonchev–Trinajstić information content (AvgIpc) is 2.74. The largest absolute Gasteiger partial charge is 0.573 e. The Bertz CT molecular complexity index is 998. The molecule has 178 valence electrons. The number of anilines is 2. The first kappa shape index (κ1) is 23.4. The van der Waals surface area contributed by atoms with E-state index in [-0.39, 0.29) is 17.6 Å². The van der Waals surface area contributed by atoms with Gasteiger partial charge in [-0.25, -0.2) is 4.39 Å². The molecule has 0 amide bonds. The van der Waals surface area contributed by atoms with Gasteiger partial charge in [0.2, 0.25) is 0 Å². The summed E-state index contributed by atoms with van der Waals surface area (Å²) in [6, 6.07) is 9.34. The number of nitrogens with two attached hydrogens (primary N) is 1. The van der Waals surface area contributed by atoms with E-state index in [0.29, 0.717) is 18.2 Å². The number of ether oxygens (including phenoxy) is 1. The molecule has 33 heavy (non-hydrogen) atoms. The lowest BCUT2D eigenvalue weighted by atomic mass is 9.89. The van der Waals surface area contributed by atoms with E-state index in [0.717, 1.165) is 61.3 Å². The zero-order chi connectivity index (χ0) is 23.8. The quantitative estimate of drug-likeness (QED) is 0.447. The standard InChI is InChI=1S/C25H29F4N3O/c1-16-3-4-20-13-21(26)14-23(30)24(20)32(16)17(2)15-31-11-9-19(10-12-31)18-5-7-22(8-6-18)33-25(27,28)29/h5-8,13-14,16,19H,2-4,9-12,15,30H2,1H3. The van der Waals surface area contributed by atoms with Gasteiger partial charge in [-0.15, -0.1) is 13.2 Å². The molecule has 2 aliphatic rings. The minimum Gasteiger partial charge on any atom is -0.406 e. The van der Waals surface area contributed by atoms with Gasteiger partial charge in [-0.3, -0.25) is 4.90 Å². The van der Waals surface area contributed by atoms with Crippen molar-refractivity contribution >= 4 is 11.4 Å². The number of halogens is 4. The summed E-state index contributed by atoms with van der Waals surface area (Å²) < 4.78 is 54.9. The Morgan fingerprint density at radius 1 is 1.12 bits per heavy atom. The molecule has 0 saturated carbocycles. The van der Waals surface area contributed by atoms with E-state index in [9.17, 15) is 17.6 Å². The van der Waals surface area contributed by atoms with Gasteiger partial charge in [0.1, 0.15) is 11.6 Å². The van der Waals surface area contributed by atoms with Gasteiger partial charge < -0.3 is 15.4 Å². The van der Waals surface area contributed by atoms with Crippen LogP contribution >= 0.6 is 0 Å². The molecule has 0 spiro atoms. The number of hydrogen-bond acceptors (Lipinski definition) is 4. The van der Waals surface area contributed by atoms with Crippen LogP contribution in [-0.2, 0) is 6.42 Å². The molecule has 0 aromatic heterocycles. The molecule has 0 aliphatic carbocycles. The van der Waals surface area contributed by atoms with E-state index >= 15 is 0 Å². The number of alkyl halides is 3. The van der Waals surface area contributed by atoms with Crippen LogP contribution in [0.2, 0.25) is 0 Å². The van der Waals surface area contributed by atoms with Gasteiger partial charge in [0, 0.05) is 18.3 Å². The summed E-state index contributed by atoms with van der Waals surface area (Å²) in [5.41, 5.74) is 10.4. The minimum atomic E-state index is -4.68. The number of hydrogen-bond donors (Lipinski definition) is 1. The van der Waals surface area contributed by atoms with E-state index < -0.39 is 6.36 Å². The number of fused-ring (bicyclic) bond motifs is 1. The fraction of sp³-hybridized carbons (Fsp3) is 0.440. The van der Waals surface area contributed by atoms with Gasteiger partial charge in [-0.05, 0) is 87.0 Å². The predicted molar refractivity (Wildman–Crippen MR) is 122 cm³/mol. The lowest BCUT2D eigenvalue weighted by molar-refractivity contribution is -0.274. The van der Waals surface area contributed by atoms with Crippen LogP contribution in [0.5, 0.6) is 5.75 Å². The SMILES string of the molecule is C=C(CN1CCC(c2ccc(OC(F)(F)F)cc2)CC1)N1c2c(N)cc(F)cc2CCC1C. The van der Waals surface area contributed by atoms with Crippen molar-refractivity contribution < 1.29 is 22.3 Å². The maximum Gasteiger partial charge on any atom is 0.573 e. The summed E-state index contributed by atoms with van der Waals surface area (Å²) >= 11 is 0. The first-order valence-corrected chi connectivity index (χ1v) is 11.2. The fourth-order valence-corrected chi connectivity index (χ4v) is 5.05. The molecule has 2 aromatic carbocycles. The van der Waals surface area contributed by atoms with Crippen molar-refractivity contribution in [3.8, 4) is 5.75 Å². The number of nitrogen functional groups attached to an aromatic ring is 1. The highest BCUT2D eigenvalue weighted by molar-refractivity contribution is 5.75. The normalized spacial score (nSPS) is 19.9. The molecule has 4 rings (SSSR count). The van der Waals surface area contributed by atoms with Gasteiger partial charge in [-0.2, -0.15) is 0 Å². The second-order valence-corrected chi connectivity index (χ2v) is 8.99. The van der Waals surface area contributed by atoms with E-state index in [1.54, 1.807) is 18.2 Å². The summed E-state index contributed by atoms with van der Waals surface area (Å²) in [5.74, 6) is -0.218. The highest BCUT2D eigenvalue weighted by atomic mass is 19.4. The summed E-state index contributed by atoms with van der Waals surface area (Å²) in [6.07, 6.45) is -1.16. The molecule has 8 heteroatoms. The Kier molecular flexibility index (Phi) is 6.56. The fourth-order valence-electron chi connectivity index (χ4n) is 5.05. The second-order valence-electron chi connectivity index (χ2n) is 8.99. The van der Waals surface area contributed by atoms with Gasteiger partial charge in [0.15, 0.2) is 0 Å². The van der Waals surface area contributed by atoms with Crippen LogP contribution in [0.25, 0.3) is 0 Å². The third-order valence-corrected chi connectivity index (χ3v) is 6.62. The molecular formula is C25H29F4N3O. The Morgan fingerprint density at radius 3 is 2.42 bits per heavy atom. The summed E-state index contributed by atoms with van der Waals surface area (Å²) in [7, 11) is 0. The lowest BCUT2D eigenvalue weighted by Crippen LogP contribution is -2.42. The topological polar surface area (TPSA) is 41.7 Å². The molecule has 0 radical (unpaired) electrons. The maximum absolute atomic E-state index is 13.8. The van der Waals surface area contributed by atoms with E-state index in [1.807, 2.05) is 0 Å². The third-order valence-electron chi connectivity index (χ3n) is 6.62. The third kappa shape index (κ3) is 5.43. The van der Waals surface area contributed by atoms with Crippen molar-refractivity contribution in [3.05, 3.63) is 65.6 Å². The first-order valence-electron chi connectivity index (χ1n) is 11.2. The van der Waals surface area contributed by atoms with Gasteiger partial charge >= 0.3 is 6.36 Å². The van der Waals surface area contributed by atoms with Crippen molar-refractivity contribution in [3.63, 3.8) is 0 Å². The molecular weight excluding hydrogens is 434 g/mol. The number of aryl methyl sites for hydroxylation is 1. The minimum absolute atomic E-state index is 0.199. The van der Waals surface area contributed by atoms with Gasteiger partial charge in [0.05, 0.1) is 11.4 Å². The van der Waals surface area contributed by atoms with Crippen LogP contribution in [0.4, 0.5) is 28.9 Å². The summed E-state index contributed by atoms with van der Waals surface area (Å²) in [6.45, 7) is 8.87.